The minimum absolute atomic E-state index is 0.106. The summed E-state index contributed by atoms with van der Waals surface area (Å²) in [7, 11) is 0. The number of hydrogen-bond acceptors (Lipinski definition) is 3. The van der Waals surface area contributed by atoms with Crippen LogP contribution in [-0.2, 0) is 0 Å². The van der Waals surface area contributed by atoms with Crippen molar-refractivity contribution in [1.29, 1.82) is 0 Å². The number of aromatic nitrogens is 2. The van der Waals surface area contributed by atoms with Crippen molar-refractivity contribution in [2.75, 3.05) is 5.32 Å². The molecule has 124 valence electrons. The summed E-state index contributed by atoms with van der Waals surface area (Å²) in [6, 6.07) is 18.1. The Morgan fingerprint density at radius 3 is 2.56 bits per heavy atom. The van der Waals surface area contributed by atoms with Gasteiger partial charge in [-0.3, -0.25) is 4.79 Å². The summed E-state index contributed by atoms with van der Waals surface area (Å²) in [6.07, 6.45) is 5.82. The molecule has 1 aromatic heterocycles. The first-order valence-electron chi connectivity index (χ1n) is 8.59. The fourth-order valence-electron chi connectivity index (χ4n) is 3.44. The van der Waals surface area contributed by atoms with E-state index in [9.17, 15) is 4.79 Å². The number of para-hydroxylation sites is 2. The van der Waals surface area contributed by atoms with Crippen molar-refractivity contribution in [2.45, 2.75) is 25.0 Å². The van der Waals surface area contributed by atoms with E-state index in [-0.39, 0.29) is 12.1 Å². The highest BCUT2D eigenvalue weighted by atomic mass is 16.2. The third kappa shape index (κ3) is 2.39. The molecule has 2 aromatic carbocycles. The molecule has 1 saturated carbocycles. The van der Waals surface area contributed by atoms with E-state index < -0.39 is 0 Å². The molecule has 5 rings (SSSR count). The molecule has 0 spiro atoms. The summed E-state index contributed by atoms with van der Waals surface area (Å²) in [5, 5.41) is 8.03. The maximum atomic E-state index is 13.0. The Balaban J connectivity index is 1.54. The van der Waals surface area contributed by atoms with E-state index >= 15 is 0 Å². The van der Waals surface area contributed by atoms with Gasteiger partial charge in [0.1, 0.15) is 6.17 Å². The molecule has 5 heteroatoms. The summed E-state index contributed by atoms with van der Waals surface area (Å²) in [5.74, 6) is 0.106. The molecule has 0 bridgehead atoms. The zero-order valence-electron chi connectivity index (χ0n) is 13.7. The van der Waals surface area contributed by atoms with Crippen LogP contribution in [0.15, 0.2) is 67.0 Å². The first-order chi connectivity index (χ1) is 12.3. The van der Waals surface area contributed by atoms with Gasteiger partial charge in [0, 0.05) is 23.5 Å². The average Bonchev–Trinajstić information content (AvgIpc) is 3.37. The number of fused-ring (bicyclic) bond motifs is 1. The Morgan fingerprint density at radius 1 is 1.00 bits per heavy atom. The van der Waals surface area contributed by atoms with E-state index in [4.69, 9.17) is 0 Å². The molecule has 0 radical (unpaired) electrons. The fourth-order valence-corrected chi connectivity index (χ4v) is 3.44. The van der Waals surface area contributed by atoms with Crippen LogP contribution in [0.4, 0.5) is 5.69 Å². The van der Waals surface area contributed by atoms with Crippen LogP contribution in [0.25, 0.3) is 5.69 Å². The Bertz CT molecular complexity index is 930. The maximum absolute atomic E-state index is 13.0. The van der Waals surface area contributed by atoms with Crippen LogP contribution in [0, 0.1) is 0 Å². The highest BCUT2D eigenvalue weighted by molar-refractivity contribution is 6.02. The molecule has 0 saturated heterocycles. The quantitative estimate of drug-likeness (QED) is 0.798. The van der Waals surface area contributed by atoms with Crippen LogP contribution >= 0.6 is 0 Å². The molecular formula is C20H18N4O. The molecule has 1 atom stereocenters. The predicted octanol–water partition coefficient (Wildman–Crippen LogP) is 3.60. The number of amides is 1. The van der Waals surface area contributed by atoms with Gasteiger partial charge in [0.15, 0.2) is 0 Å². The molecule has 1 N–H and O–H groups in total. The molecule has 1 fully saturated rings. The van der Waals surface area contributed by atoms with Gasteiger partial charge in [-0.15, -0.1) is 0 Å². The Labute approximate surface area is 145 Å². The number of nitrogens with one attached hydrogen (secondary N) is 1. The van der Waals surface area contributed by atoms with E-state index in [0.29, 0.717) is 6.04 Å². The molecule has 2 heterocycles. The van der Waals surface area contributed by atoms with Crippen molar-refractivity contribution in [1.82, 2.24) is 14.7 Å². The molecule has 0 unspecified atom stereocenters. The van der Waals surface area contributed by atoms with Crippen molar-refractivity contribution in [3.05, 3.63) is 78.1 Å². The monoisotopic (exact) mass is 330 g/mol. The first-order valence-corrected chi connectivity index (χ1v) is 8.59. The fraction of sp³-hybridized carbons (Fsp3) is 0.200. The summed E-state index contributed by atoms with van der Waals surface area (Å²) in [4.78, 5) is 15.0. The largest absolute Gasteiger partial charge is 0.361 e. The summed E-state index contributed by atoms with van der Waals surface area (Å²) < 4.78 is 1.85. The number of hydrogen-bond donors (Lipinski definition) is 1. The summed E-state index contributed by atoms with van der Waals surface area (Å²) in [6.45, 7) is 0. The normalized spacial score (nSPS) is 19.4. The smallest absolute Gasteiger partial charge is 0.258 e. The van der Waals surface area contributed by atoms with Gasteiger partial charge in [0.05, 0.1) is 17.4 Å². The SMILES string of the molecule is O=C1c2ccccc2N[C@@H](c2cnn(-c3ccccc3)c2)N1C1CC1. The third-order valence-corrected chi connectivity index (χ3v) is 4.84. The molecule has 5 nitrogen and oxygen atoms in total. The lowest BCUT2D eigenvalue weighted by Gasteiger charge is -2.37. The van der Waals surface area contributed by atoms with Gasteiger partial charge < -0.3 is 10.2 Å². The van der Waals surface area contributed by atoms with Gasteiger partial charge in [0.2, 0.25) is 0 Å². The van der Waals surface area contributed by atoms with Gasteiger partial charge >= 0.3 is 0 Å². The minimum Gasteiger partial charge on any atom is -0.361 e. The van der Waals surface area contributed by atoms with Gasteiger partial charge in [-0.1, -0.05) is 30.3 Å². The van der Waals surface area contributed by atoms with Crippen LogP contribution in [0.2, 0.25) is 0 Å². The van der Waals surface area contributed by atoms with Gasteiger partial charge in [-0.05, 0) is 37.1 Å². The molecule has 2 aliphatic rings. The highest BCUT2D eigenvalue weighted by Crippen LogP contribution is 2.40. The van der Waals surface area contributed by atoms with E-state index in [1.165, 1.54) is 0 Å². The van der Waals surface area contributed by atoms with Gasteiger partial charge in [-0.2, -0.15) is 5.10 Å². The topological polar surface area (TPSA) is 50.2 Å². The minimum atomic E-state index is -0.174. The van der Waals surface area contributed by atoms with E-state index in [1.807, 2.05) is 76.6 Å². The molecule has 1 aliphatic heterocycles. The lowest BCUT2D eigenvalue weighted by atomic mass is 10.1. The van der Waals surface area contributed by atoms with Crippen molar-refractivity contribution >= 4 is 11.6 Å². The molecule has 1 aliphatic carbocycles. The molecule has 3 aromatic rings. The molecular weight excluding hydrogens is 312 g/mol. The Kier molecular flexibility index (Phi) is 3.13. The van der Waals surface area contributed by atoms with Gasteiger partial charge in [-0.25, -0.2) is 4.68 Å². The van der Waals surface area contributed by atoms with Crippen molar-refractivity contribution in [3.63, 3.8) is 0 Å². The van der Waals surface area contributed by atoms with E-state index in [2.05, 4.69) is 10.4 Å². The standard InChI is InChI=1S/C20H18N4O/c25-20-17-8-4-5-9-18(17)22-19(24(20)16-10-11-16)14-12-21-23(13-14)15-6-2-1-3-7-15/h1-9,12-13,16,19,22H,10-11H2/t19-/m1/s1. The Morgan fingerprint density at radius 2 is 1.76 bits per heavy atom. The van der Waals surface area contributed by atoms with Gasteiger partial charge in [0.25, 0.3) is 5.91 Å². The first kappa shape index (κ1) is 14.3. The Hall–Kier alpha value is -3.08. The maximum Gasteiger partial charge on any atom is 0.258 e. The van der Waals surface area contributed by atoms with Crippen molar-refractivity contribution in [3.8, 4) is 5.69 Å². The number of anilines is 1. The zero-order valence-corrected chi connectivity index (χ0v) is 13.7. The van der Waals surface area contributed by atoms with Crippen LogP contribution in [-0.4, -0.2) is 26.6 Å². The number of nitrogens with zero attached hydrogens (tertiary/aromatic N) is 3. The van der Waals surface area contributed by atoms with Crippen LogP contribution in [0.3, 0.4) is 0 Å². The average molecular weight is 330 g/mol. The predicted molar refractivity (Wildman–Crippen MR) is 95.6 cm³/mol. The van der Waals surface area contributed by atoms with E-state index in [1.54, 1.807) is 0 Å². The van der Waals surface area contributed by atoms with Crippen LogP contribution in [0.5, 0.6) is 0 Å². The second-order valence-corrected chi connectivity index (χ2v) is 6.59. The number of rotatable bonds is 3. The van der Waals surface area contributed by atoms with E-state index in [0.717, 1.165) is 35.3 Å². The van der Waals surface area contributed by atoms with Crippen LogP contribution in [0.1, 0.15) is 34.9 Å². The number of carbonyl (C=O) groups is 1. The molecule has 25 heavy (non-hydrogen) atoms. The van der Waals surface area contributed by atoms with Crippen molar-refractivity contribution in [2.24, 2.45) is 0 Å². The van der Waals surface area contributed by atoms with Crippen LogP contribution < -0.4 is 5.32 Å². The summed E-state index contributed by atoms with van der Waals surface area (Å²) >= 11 is 0. The number of benzene rings is 2. The number of carbonyl (C=O) groups excluding carboxylic acids is 1. The second-order valence-electron chi connectivity index (χ2n) is 6.59. The zero-order chi connectivity index (χ0) is 16.8. The second kappa shape index (κ2) is 5.48. The highest BCUT2D eigenvalue weighted by Gasteiger charge is 2.42. The molecule has 1 amide bonds. The lowest BCUT2D eigenvalue weighted by Crippen LogP contribution is -2.44. The van der Waals surface area contributed by atoms with Crippen molar-refractivity contribution < 1.29 is 4.79 Å². The lowest BCUT2D eigenvalue weighted by molar-refractivity contribution is 0.0666. The summed E-state index contributed by atoms with van der Waals surface area (Å²) in [5.41, 5.74) is 3.65. The third-order valence-electron chi connectivity index (χ3n) is 4.84.